The van der Waals surface area contributed by atoms with Crippen LogP contribution in [0.2, 0.25) is 0 Å². The van der Waals surface area contributed by atoms with Crippen molar-refractivity contribution in [3.05, 3.63) is 23.8 Å². The molecule has 0 aliphatic rings. The number of aryl methyl sites for hydroxylation is 1. The second-order valence-electron chi connectivity index (χ2n) is 4.45. The summed E-state index contributed by atoms with van der Waals surface area (Å²) in [6.45, 7) is 4.87. The highest BCUT2D eigenvalue weighted by Gasteiger charge is 2.14. The molecule has 2 N–H and O–H groups in total. The van der Waals surface area contributed by atoms with Crippen LogP contribution in [-0.2, 0) is 9.53 Å². The molecule has 0 bridgehead atoms. The summed E-state index contributed by atoms with van der Waals surface area (Å²) >= 11 is 0. The molecule has 114 valence electrons. The van der Waals surface area contributed by atoms with Crippen molar-refractivity contribution in [2.75, 3.05) is 6.61 Å². The molecule has 1 rings (SSSR count). The Hall–Kier alpha value is -2.51. The van der Waals surface area contributed by atoms with Crippen LogP contribution in [0.25, 0.3) is 0 Å². The van der Waals surface area contributed by atoms with E-state index >= 15 is 0 Å². The zero-order valence-corrected chi connectivity index (χ0v) is 12.2. The Labute approximate surface area is 122 Å². The van der Waals surface area contributed by atoms with Gasteiger partial charge in [0.05, 0.1) is 11.9 Å². The minimum atomic E-state index is -0.778. The number of carbonyl (C=O) groups excluding carboxylic acids is 3. The van der Waals surface area contributed by atoms with Crippen LogP contribution in [0.5, 0.6) is 0 Å². The SMILES string of the molecule is CC[C@H](C)NC(=O)NC(=O)COC(=O)c1cnc(C)cn1. The molecule has 0 saturated carbocycles. The van der Waals surface area contributed by atoms with Crippen LogP contribution < -0.4 is 10.6 Å². The Morgan fingerprint density at radius 1 is 1.29 bits per heavy atom. The van der Waals surface area contributed by atoms with Crippen molar-refractivity contribution in [1.82, 2.24) is 20.6 Å². The van der Waals surface area contributed by atoms with Crippen LogP contribution in [0.1, 0.15) is 36.5 Å². The lowest BCUT2D eigenvalue weighted by atomic mass is 10.3. The van der Waals surface area contributed by atoms with E-state index in [1.165, 1.54) is 12.4 Å². The molecule has 1 atom stereocenters. The molecule has 1 aromatic rings. The number of nitrogens with zero attached hydrogens (tertiary/aromatic N) is 2. The van der Waals surface area contributed by atoms with Gasteiger partial charge in [0.15, 0.2) is 12.3 Å². The van der Waals surface area contributed by atoms with E-state index < -0.39 is 24.5 Å². The van der Waals surface area contributed by atoms with E-state index in [0.717, 1.165) is 6.42 Å². The van der Waals surface area contributed by atoms with Gasteiger partial charge in [0.2, 0.25) is 0 Å². The molecule has 0 aromatic carbocycles. The number of carbonyl (C=O) groups is 3. The van der Waals surface area contributed by atoms with E-state index in [1.807, 2.05) is 6.92 Å². The molecule has 0 spiro atoms. The minimum Gasteiger partial charge on any atom is -0.451 e. The molecule has 0 radical (unpaired) electrons. The largest absolute Gasteiger partial charge is 0.451 e. The van der Waals surface area contributed by atoms with Crippen molar-refractivity contribution in [2.45, 2.75) is 33.2 Å². The summed E-state index contributed by atoms with van der Waals surface area (Å²) in [7, 11) is 0. The van der Waals surface area contributed by atoms with Crippen LogP contribution in [0.15, 0.2) is 12.4 Å². The Bertz CT molecular complexity index is 515. The van der Waals surface area contributed by atoms with Gasteiger partial charge in [-0.05, 0) is 20.3 Å². The molecular weight excluding hydrogens is 276 g/mol. The van der Waals surface area contributed by atoms with Gasteiger partial charge < -0.3 is 10.1 Å². The third kappa shape index (κ3) is 5.98. The predicted octanol–water partition coefficient (Wildman–Crippen LogP) is 0.566. The number of hydrogen-bond donors (Lipinski definition) is 2. The monoisotopic (exact) mass is 294 g/mol. The van der Waals surface area contributed by atoms with Gasteiger partial charge in [-0.3, -0.25) is 15.1 Å². The first-order valence-electron chi connectivity index (χ1n) is 6.48. The topological polar surface area (TPSA) is 110 Å². The zero-order chi connectivity index (χ0) is 15.8. The highest BCUT2D eigenvalue weighted by atomic mass is 16.5. The molecule has 3 amide bonds. The van der Waals surface area contributed by atoms with E-state index in [9.17, 15) is 14.4 Å². The second kappa shape index (κ2) is 7.93. The molecule has 0 aliphatic carbocycles. The Morgan fingerprint density at radius 3 is 2.57 bits per heavy atom. The number of esters is 1. The van der Waals surface area contributed by atoms with Gasteiger partial charge in [-0.2, -0.15) is 0 Å². The van der Waals surface area contributed by atoms with Crippen molar-refractivity contribution in [3.63, 3.8) is 0 Å². The summed E-state index contributed by atoms with van der Waals surface area (Å²) < 4.78 is 4.73. The summed E-state index contributed by atoms with van der Waals surface area (Å²) in [5.41, 5.74) is 0.656. The van der Waals surface area contributed by atoms with Gasteiger partial charge in [0.1, 0.15) is 0 Å². The number of amides is 3. The average molecular weight is 294 g/mol. The van der Waals surface area contributed by atoms with Crippen molar-refractivity contribution < 1.29 is 19.1 Å². The molecule has 8 nitrogen and oxygen atoms in total. The normalized spacial score (nSPS) is 11.4. The van der Waals surface area contributed by atoms with Gasteiger partial charge in [0, 0.05) is 12.2 Å². The molecule has 0 saturated heterocycles. The lowest BCUT2D eigenvalue weighted by Gasteiger charge is -2.11. The standard InChI is InChI=1S/C13H18N4O4/c1-4-8(2)16-13(20)17-11(18)7-21-12(19)10-6-14-9(3)5-15-10/h5-6,8H,4,7H2,1-3H3,(H2,16,17,18,20)/t8-/m0/s1. The maximum absolute atomic E-state index is 11.6. The molecule has 21 heavy (non-hydrogen) atoms. The highest BCUT2D eigenvalue weighted by Crippen LogP contribution is 1.97. The second-order valence-corrected chi connectivity index (χ2v) is 4.45. The summed E-state index contributed by atoms with van der Waals surface area (Å²) in [6, 6.07) is -0.677. The van der Waals surface area contributed by atoms with E-state index in [0.29, 0.717) is 5.69 Å². The van der Waals surface area contributed by atoms with E-state index in [1.54, 1.807) is 13.8 Å². The summed E-state index contributed by atoms with van der Waals surface area (Å²) in [4.78, 5) is 42.1. The predicted molar refractivity (Wildman–Crippen MR) is 73.5 cm³/mol. The summed E-state index contributed by atoms with van der Waals surface area (Å²) in [5.74, 6) is -1.50. The third-order valence-corrected chi connectivity index (χ3v) is 2.57. The quantitative estimate of drug-likeness (QED) is 0.768. The molecule has 0 aliphatic heterocycles. The number of aromatic nitrogens is 2. The van der Waals surface area contributed by atoms with Crippen LogP contribution in [0.3, 0.4) is 0 Å². The van der Waals surface area contributed by atoms with E-state index in [4.69, 9.17) is 4.74 Å². The maximum Gasteiger partial charge on any atom is 0.359 e. The van der Waals surface area contributed by atoms with Crippen LogP contribution >= 0.6 is 0 Å². The maximum atomic E-state index is 11.6. The molecule has 0 fully saturated rings. The fraction of sp³-hybridized carbons (Fsp3) is 0.462. The Balaban J connectivity index is 2.37. The van der Waals surface area contributed by atoms with Gasteiger partial charge in [-0.1, -0.05) is 6.92 Å². The third-order valence-electron chi connectivity index (χ3n) is 2.57. The van der Waals surface area contributed by atoms with Crippen LogP contribution in [0, 0.1) is 6.92 Å². The van der Waals surface area contributed by atoms with Crippen molar-refractivity contribution in [3.8, 4) is 0 Å². The number of imide groups is 1. The van der Waals surface area contributed by atoms with Crippen LogP contribution in [0.4, 0.5) is 4.79 Å². The smallest absolute Gasteiger partial charge is 0.359 e. The van der Waals surface area contributed by atoms with Gasteiger partial charge >= 0.3 is 12.0 Å². The van der Waals surface area contributed by atoms with E-state index in [2.05, 4.69) is 20.6 Å². The van der Waals surface area contributed by atoms with Gasteiger partial charge in [-0.25, -0.2) is 14.6 Å². The molecule has 8 heteroatoms. The molecule has 1 heterocycles. The first-order valence-corrected chi connectivity index (χ1v) is 6.48. The molecule has 0 unspecified atom stereocenters. The highest BCUT2D eigenvalue weighted by molar-refractivity contribution is 5.96. The Kier molecular flexibility index (Phi) is 6.25. The number of hydrogen-bond acceptors (Lipinski definition) is 6. The van der Waals surface area contributed by atoms with Crippen LogP contribution in [-0.4, -0.2) is 40.5 Å². The summed E-state index contributed by atoms with van der Waals surface area (Å²) in [6.07, 6.45) is 3.41. The number of urea groups is 1. The van der Waals surface area contributed by atoms with Gasteiger partial charge in [-0.15, -0.1) is 0 Å². The van der Waals surface area contributed by atoms with Crippen molar-refractivity contribution in [2.24, 2.45) is 0 Å². The fourth-order valence-corrected chi connectivity index (χ4v) is 1.23. The Morgan fingerprint density at radius 2 is 2.00 bits per heavy atom. The number of ether oxygens (including phenoxy) is 1. The van der Waals surface area contributed by atoms with Crippen molar-refractivity contribution in [1.29, 1.82) is 0 Å². The summed E-state index contributed by atoms with van der Waals surface area (Å²) in [5, 5.41) is 4.61. The van der Waals surface area contributed by atoms with E-state index in [-0.39, 0.29) is 11.7 Å². The first-order chi connectivity index (χ1) is 9.92. The van der Waals surface area contributed by atoms with Gasteiger partial charge in [0.25, 0.3) is 5.91 Å². The average Bonchev–Trinajstić information content (AvgIpc) is 2.45. The zero-order valence-electron chi connectivity index (χ0n) is 12.2. The molecule has 1 aromatic heterocycles. The molecular formula is C13H18N4O4. The minimum absolute atomic E-state index is 0.00235. The lowest BCUT2D eigenvalue weighted by molar-refractivity contribution is -0.123. The first kappa shape index (κ1) is 16.5. The number of rotatable bonds is 5. The lowest BCUT2D eigenvalue weighted by Crippen LogP contribution is -2.44. The number of nitrogens with one attached hydrogen (secondary N) is 2. The fourth-order valence-electron chi connectivity index (χ4n) is 1.23. The van der Waals surface area contributed by atoms with Crippen molar-refractivity contribution >= 4 is 17.9 Å².